The Morgan fingerprint density at radius 1 is 0.812 bits per heavy atom. The molecule has 0 saturated carbocycles. The molecule has 0 aliphatic heterocycles. The molecule has 0 spiro atoms. The lowest BCUT2D eigenvalue weighted by atomic mass is 9.89. The van der Waals surface area contributed by atoms with Gasteiger partial charge in [-0.2, -0.15) is 0 Å². The number of nitrogens with one attached hydrogen (secondary N) is 2. The van der Waals surface area contributed by atoms with Crippen LogP contribution in [0, 0.1) is 0 Å². The fourth-order valence-corrected chi connectivity index (χ4v) is 1.70. The normalized spacial score (nSPS) is 12.1. The van der Waals surface area contributed by atoms with Crippen LogP contribution in [0.25, 0.3) is 0 Å². The number of hydrogen-bond donors (Lipinski definition) is 2. The first kappa shape index (κ1) is 14.9. The third kappa shape index (κ3) is 7.26. The van der Waals surface area contributed by atoms with E-state index in [0.717, 1.165) is 12.8 Å². The Bertz CT molecular complexity index is 242. The van der Waals surface area contributed by atoms with E-state index < -0.39 is 0 Å². The maximum atomic E-state index is 11.0. The summed E-state index contributed by atoms with van der Waals surface area (Å²) >= 11 is 0. The number of carbonyl (C=O) groups is 2. The van der Waals surface area contributed by atoms with Crippen LogP contribution in [0.5, 0.6) is 0 Å². The van der Waals surface area contributed by atoms with Crippen LogP contribution in [0.15, 0.2) is 0 Å². The van der Waals surface area contributed by atoms with Gasteiger partial charge in [-0.15, -0.1) is 0 Å². The molecule has 0 aromatic heterocycles. The summed E-state index contributed by atoms with van der Waals surface area (Å²) in [6.45, 7) is 11.0. The highest BCUT2D eigenvalue weighted by atomic mass is 16.2. The Kier molecular flexibility index (Phi) is 4.97. The highest BCUT2D eigenvalue weighted by Gasteiger charge is 2.25. The van der Waals surface area contributed by atoms with Crippen LogP contribution in [0.4, 0.5) is 0 Å². The maximum Gasteiger partial charge on any atom is 0.217 e. The summed E-state index contributed by atoms with van der Waals surface area (Å²) in [4.78, 5) is 22.0. The fourth-order valence-electron chi connectivity index (χ4n) is 1.70. The van der Waals surface area contributed by atoms with E-state index in [0.29, 0.717) is 0 Å². The van der Waals surface area contributed by atoms with Gasteiger partial charge in [0.15, 0.2) is 0 Å². The van der Waals surface area contributed by atoms with Gasteiger partial charge in [-0.05, 0) is 40.5 Å². The molecule has 0 unspecified atom stereocenters. The lowest BCUT2D eigenvalue weighted by molar-refractivity contribution is -0.122. The molecule has 0 heterocycles. The van der Waals surface area contributed by atoms with Gasteiger partial charge in [0.2, 0.25) is 11.8 Å². The molecule has 0 aromatic rings. The second kappa shape index (κ2) is 5.32. The van der Waals surface area contributed by atoms with Gasteiger partial charge < -0.3 is 10.6 Å². The largest absolute Gasteiger partial charge is 0.351 e. The molecule has 2 N–H and O–H groups in total. The van der Waals surface area contributed by atoms with Crippen molar-refractivity contribution in [2.45, 2.75) is 65.5 Å². The van der Waals surface area contributed by atoms with E-state index in [1.165, 1.54) is 13.8 Å². The molecule has 0 fully saturated rings. The van der Waals surface area contributed by atoms with Gasteiger partial charge in [0, 0.05) is 24.9 Å². The van der Waals surface area contributed by atoms with Crippen molar-refractivity contribution in [1.29, 1.82) is 0 Å². The van der Waals surface area contributed by atoms with Gasteiger partial charge in [-0.25, -0.2) is 0 Å². The van der Waals surface area contributed by atoms with E-state index in [1.807, 2.05) is 27.7 Å². The summed E-state index contributed by atoms with van der Waals surface area (Å²) in [6, 6.07) is 0. The first-order chi connectivity index (χ1) is 7.04. The van der Waals surface area contributed by atoms with Crippen LogP contribution in [-0.2, 0) is 9.59 Å². The summed E-state index contributed by atoms with van der Waals surface area (Å²) in [5.74, 6) is -0.0512. The number of rotatable bonds is 5. The average Bonchev–Trinajstić information content (AvgIpc) is 1.96. The van der Waals surface area contributed by atoms with E-state index in [2.05, 4.69) is 10.6 Å². The van der Waals surface area contributed by atoms with Gasteiger partial charge in [-0.3, -0.25) is 9.59 Å². The van der Waals surface area contributed by atoms with Crippen molar-refractivity contribution in [2.24, 2.45) is 0 Å². The van der Waals surface area contributed by atoms with Crippen LogP contribution in [0.2, 0.25) is 0 Å². The third-order valence-corrected chi connectivity index (χ3v) is 2.40. The first-order valence-electron chi connectivity index (χ1n) is 5.62. The summed E-state index contributed by atoms with van der Waals surface area (Å²) in [6.07, 6.45) is 1.64. The summed E-state index contributed by atoms with van der Waals surface area (Å²) in [7, 11) is 0. The molecule has 2 amide bonds. The molecular formula is C12H24N2O2. The molecule has 4 nitrogen and oxygen atoms in total. The van der Waals surface area contributed by atoms with Crippen LogP contribution < -0.4 is 10.6 Å². The van der Waals surface area contributed by atoms with Crippen molar-refractivity contribution in [3.8, 4) is 0 Å². The quantitative estimate of drug-likeness (QED) is 0.751. The van der Waals surface area contributed by atoms with E-state index in [-0.39, 0.29) is 22.9 Å². The number of carbonyl (C=O) groups excluding carboxylic acids is 2. The molecular weight excluding hydrogens is 204 g/mol. The average molecular weight is 228 g/mol. The molecule has 0 atom stereocenters. The minimum atomic E-state index is -0.235. The molecule has 0 aliphatic carbocycles. The van der Waals surface area contributed by atoms with E-state index >= 15 is 0 Å². The Labute approximate surface area is 98.2 Å². The molecule has 0 radical (unpaired) electrons. The monoisotopic (exact) mass is 228 g/mol. The van der Waals surface area contributed by atoms with Gasteiger partial charge in [0.05, 0.1) is 0 Å². The van der Waals surface area contributed by atoms with E-state index in [4.69, 9.17) is 0 Å². The van der Waals surface area contributed by atoms with Crippen LogP contribution >= 0.6 is 0 Å². The predicted molar refractivity (Wildman–Crippen MR) is 65.0 cm³/mol. The van der Waals surface area contributed by atoms with Gasteiger partial charge >= 0.3 is 0 Å². The van der Waals surface area contributed by atoms with Crippen molar-refractivity contribution in [2.75, 3.05) is 0 Å². The van der Waals surface area contributed by atoms with E-state index in [1.54, 1.807) is 0 Å². The second-order valence-corrected chi connectivity index (χ2v) is 5.63. The molecule has 4 heteroatoms. The highest BCUT2D eigenvalue weighted by molar-refractivity contribution is 5.74. The van der Waals surface area contributed by atoms with Gasteiger partial charge in [0.1, 0.15) is 0 Å². The van der Waals surface area contributed by atoms with Crippen molar-refractivity contribution >= 4 is 11.8 Å². The second-order valence-electron chi connectivity index (χ2n) is 5.63. The highest BCUT2D eigenvalue weighted by Crippen LogP contribution is 2.19. The summed E-state index contributed by atoms with van der Waals surface area (Å²) < 4.78 is 0. The van der Waals surface area contributed by atoms with Gasteiger partial charge in [0.25, 0.3) is 0 Å². The zero-order valence-corrected chi connectivity index (χ0v) is 11.2. The number of amides is 2. The zero-order valence-electron chi connectivity index (χ0n) is 11.2. The predicted octanol–water partition coefficient (Wildman–Crippen LogP) is 1.60. The molecule has 0 saturated heterocycles. The minimum absolute atomic E-state index is 0.0256. The minimum Gasteiger partial charge on any atom is -0.351 e. The summed E-state index contributed by atoms with van der Waals surface area (Å²) in [5.41, 5.74) is -0.469. The Balaban J connectivity index is 4.21. The van der Waals surface area contributed by atoms with E-state index in [9.17, 15) is 9.59 Å². The molecule has 0 rings (SSSR count). The maximum absolute atomic E-state index is 11.0. The molecule has 0 aromatic carbocycles. The molecule has 16 heavy (non-hydrogen) atoms. The van der Waals surface area contributed by atoms with Gasteiger partial charge in [-0.1, -0.05) is 0 Å². The third-order valence-electron chi connectivity index (χ3n) is 2.40. The zero-order chi connectivity index (χ0) is 13.0. The molecule has 94 valence electrons. The Morgan fingerprint density at radius 2 is 1.06 bits per heavy atom. The lowest BCUT2D eigenvalue weighted by Gasteiger charge is -2.32. The van der Waals surface area contributed by atoms with Crippen LogP contribution in [-0.4, -0.2) is 22.9 Å². The van der Waals surface area contributed by atoms with Crippen molar-refractivity contribution in [1.82, 2.24) is 10.6 Å². The molecule has 0 aliphatic rings. The topological polar surface area (TPSA) is 58.2 Å². The van der Waals surface area contributed by atoms with Crippen molar-refractivity contribution in [3.63, 3.8) is 0 Å². The van der Waals surface area contributed by atoms with Crippen LogP contribution in [0.3, 0.4) is 0 Å². The standard InChI is InChI=1S/C12H24N2O2/c1-9(15)13-11(3,4)7-8-12(5,6)14-10(2)16/h7-8H2,1-6H3,(H,13,15)(H,14,16). The summed E-state index contributed by atoms with van der Waals surface area (Å²) in [5, 5.41) is 5.79. The number of hydrogen-bond acceptors (Lipinski definition) is 2. The van der Waals surface area contributed by atoms with Crippen molar-refractivity contribution in [3.05, 3.63) is 0 Å². The van der Waals surface area contributed by atoms with Crippen molar-refractivity contribution < 1.29 is 9.59 Å². The fraction of sp³-hybridized carbons (Fsp3) is 0.833. The smallest absolute Gasteiger partial charge is 0.217 e. The first-order valence-corrected chi connectivity index (χ1v) is 5.62. The SMILES string of the molecule is CC(=O)NC(C)(C)CCC(C)(C)NC(C)=O. The Morgan fingerprint density at radius 3 is 1.25 bits per heavy atom. The van der Waals surface area contributed by atoms with Crippen LogP contribution in [0.1, 0.15) is 54.4 Å². The lowest BCUT2D eigenvalue weighted by Crippen LogP contribution is -2.47. The Hall–Kier alpha value is -1.06. The molecule has 0 bridgehead atoms.